The highest BCUT2D eigenvalue weighted by molar-refractivity contribution is 7.99. The van der Waals surface area contributed by atoms with E-state index in [1.54, 1.807) is 6.92 Å². The van der Waals surface area contributed by atoms with Gasteiger partial charge in [-0.3, -0.25) is 9.59 Å². The predicted molar refractivity (Wildman–Crippen MR) is 82.0 cm³/mol. The van der Waals surface area contributed by atoms with Gasteiger partial charge in [-0.15, -0.1) is 0 Å². The van der Waals surface area contributed by atoms with Gasteiger partial charge in [0.05, 0.1) is 11.2 Å². The van der Waals surface area contributed by atoms with Crippen LogP contribution in [0.4, 0.5) is 0 Å². The van der Waals surface area contributed by atoms with E-state index in [-0.39, 0.29) is 17.7 Å². The lowest BCUT2D eigenvalue weighted by molar-refractivity contribution is -0.141. The molecule has 0 heterocycles. The average Bonchev–Trinajstić information content (AvgIpc) is 2.41. The van der Waals surface area contributed by atoms with E-state index in [0.29, 0.717) is 6.42 Å². The number of carbonyl (C=O) groups excluding carboxylic acids is 1. The molecule has 1 aromatic carbocycles. The van der Waals surface area contributed by atoms with Crippen LogP contribution in [0.5, 0.6) is 0 Å². The fourth-order valence-electron chi connectivity index (χ4n) is 1.84. The van der Waals surface area contributed by atoms with Crippen LogP contribution in [0.2, 0.25) is 0 Å². The van der Waals surface area contributed by atoms with E-state index in [4.69, 9.17) is 0 Å². The van der Waals surface area contributed by atoms with Crippen LogP contribution in [0.3, 0.4) is 0 Å². The molecule has 1 aromatic rings. The number of hydrogen-bond acceptors (Lipinski definition) is 3. The molecule has 0 saturated heterocycles. The van der Waals surface area contributed by atoms with Crippen molar-refractivity contribution in [1.82, 2.24) is 5.32 Å². The average molecular weight is 295 g/mol. The molecule has 2 unspecified atom stereocenters. The Morgan fingerprint density at radius 2 is 2.10 bits per heavy atom. The summed E-state index contributed by atoms with van der Waals surface area (Å²) in [5, 5.41) is 11.8. The lowest BCUT2D eigenvalue weighted by atomic mass is 9.98. The first-order chi connectivity index (χ1) is 9.43. The normalized spacial score (nSPS) is 13.6. The van der Waals surface area contributed by atoms with Crippen LogP contribution in [0, 0.1) is 12.8 Å². The minimum atomic E-state index is -0.886. The van der Waals surface area contributed by atoms with Crippen LogP contribution in [0.15, 0.2) is 24.3 Å². The predicted octanol–water partition coefficient (Wildman–Crippen LogP) is 2.11. The van der Waals surface area contributed by atoms with Gasteiger partial charge in [-0.1, -0.05) is 29.8 Å². The fourth-order valence-corrected chi connectivity index (χ4v) is 2.14. The zero-order valence-electron chi connectivity index (χ0n) is 12.1. The first kappa shape index (κ1) is 16.6. The van der Waals surface area contributed by atoms with Crippen molar-refractivity contribution >= 4 is 23.6 Å². The number of hydrogen-bond donors (Lipinski definition) is 2. The summed E-state index contributed by atoms with van der Waals surface area (Å²) in [5.41, 5.74) is 2.08. The third kappa shape index (κ3) is 5.25. The van der Waals surface area contributed by atoms with Crippen molar-refractivity contribution in [3.63, 3.8) is 0 Å². The van der Waals surface area contributed by atoms with Gasteiger partial charge in [0.25, 0.3) is 0 Å². The van der Waals surface area contributed by atoms with E-state index in [2.05, 4.69) is 5.32 Å². The van der Waals surface area contributed by atoms with Gasteiger partial charge in [0.2, 0.25) is 5.91 Å². The Morgan fingerprint density at radius 3 is 2.65 bits per heavy atom. The van der Waals surface area contributed by atoms with Crippen LogP contribution >= 0.6 is 11.8 Å². The van der Waals surface area contributed by atoms with Gasteiger partial charge in [-0.25, -0.2) is 0 Å². The summed E-state index contributed by atoms with van der Waals surface area (Å²) < 4.78 is 0. The molecule has 0 saturated carbocycles. The summed E-state index contributed by atoms with van der Waals surface area (Å²) in [4.78, 5) is 23.0. The van der Waals surface area contributed by atoms with E-state index < -0.39 is 11.9 Å². The van der Waals surface area contributed by atoms with Crippen LogP contribution in [0.25, 0.3) is 0 Å². The van der Waals surface area contributed by atoms with Gasteiger partial charge in [0.15, 0.2) is 0 Å². The highest BCUT2D eigenvalue weighted by Gasteiger charge is 2.20. The Balaban J connectivity index is 2.62. The smallest absolute Gasteiger partial charge is 0.308 e. The van der Waals surface area contributed by atoms with Gasteiger partial charge in [0, 0.05) is 6.54 Å². The Labute approximate surface area is 124 Å². The highest BCUT2D eigenvalue weighted by atomic mass is 32.2. The van der Waals surface area contributed by atoms with Crippen LogP contribution in [-0.2, 0) is 16.0 Å². The molecule has 110 valence electrons. The van der Waals surface area contributed by atoms with E-state index in [1.807, 2.05) is 37.4 Å². The molecule has 5 heteroatoms. The van der Waals surface area contributed by atoms with Crippen LogP contribution in [-0.4, -0.2) is 35.0 Å². The van der Waals surface area contributed by atoms with Gasteiger partial charge in [0.1, 0.15) is 0 Å². The highest BCUT2D eigenvalue weighted by Crippen LogP contribution is 2.11. The maximum atomic E-state index is 11.7. The van der Waals surface area contributed by atoms with Crippen molar-refractivity contribution in [2.24, 2.45) is 5.92 Å². The zero-order chi connectivity index (χ0) is 15.1. The number of nitrogens with one attached hydrogen (secondary N) is 1. The molecular formula is C15H21NO3S. The number of carboxylic acid groups (broad SMARTS) is 1. The topological polar surface area (TPSA) is 66.4 Å². The van der Waals surface area contributed by atoms with E-state index in [9.17, 15) is 14.7 Å². The van der Waals surface area contributed by atoms with Crippen molar-refractivity contribution in [3.8, 4) is 0 Å². The monoisotopic (exact) mass is 295 g/mol. The Kier molecular flexibility index (Phi) is 6.58. The number of rotatable bonds is 7. The largest absolute Gasteiger partial charge is 0.481 e. The third-order valence-electron chi connectivity index (χ3n) is 3.16. The number of thioether (sulfide) groups is 1. The Hall–Kier alpha value is -1.49. The van der Waals surface area contributed by atoms with Gasteiger partial charge >= 0.3 is 5.97 Å². The Bertz CT molecular complexity index is 476. The number of aliphatic carboxylic acids is 1. The van der Waals surface area contributed by atoms with E-state index in [1.165, 1.54) is 11.8 Å². The molecule has 2 atom stereocenters. The van der Waals surface area contributed by atoms with Gasteiger partial charge in [-0.05, 0) is 32.1 Å². The Morgan fingerprint density at radius 1 is 1.40 bits per heavy atom. The molecule has 0 aliphatic heterocycles. The molecule has 1 amide bonds. The lowest BCUT2D eigenvalue weighted by Gasteiger charge is -2.15. The van der Waals surface area contributed by atoms with Crippen molar-refractivity contribution in [1.29, 1.82) is 0 Å². The number of carbonyl (C=O) groups is 2. The molecule has 0 aliphatic rings. The summed E-state index contributed by atoms with van der Waals surface area (Å²) in [5.74, 6) is -1.61. The maximum absolute atomic E-state index is 11.7. The summed E-state index contributed by atoms with van der Waals surface area (Å²) in [6.07, 6.45) is 2.27. The first-order valence-corrected chi connectivity index (χ1v) is 7.81. The molecule has 2 N–H and O–H groups in total. The molecule has 1 rings (SSSR count). The summed E-state index contributed by atoms with van der Waals surface area (Å²) >= 11 is 1.44. The summed E-state index contributed by atoms with van der Waals surface area (Å²) in [7, 11) is 0. The van der Waals surface area contributed by atoms with Crippen LogP contribution < -0.4 is 5.32 Å². The zero-order valence-corrected chi connectivity index (χ0v) is 12.9. The quantitative estimate of drug-likeness (QED) is 0.808. The molecule has 4 nitrogen and oxygen atoms in total. The van der Waals surface area contributed by atoms with Gasteiger partial charge < -0.3 is 10.4 Å². The number of carboxylic acids is 1. The molecule has 0 aliphatic carbocycles. The first-order valence-electron chi connectivity index (χ1n) is 6.53. The minimum Gasteiger partial charge on any atom is -0.481 e. The second-order valence-electron chi connectivity index (χ2n) is 4.85. The molecule has 0 fully saturated rings. The van der Waals surface area contributed by atoms with E-state index >= 15 is 0 Å². The molecule has 0 bridgehead atoms. The van der Waals surface area contributed by atoms with Gasteiger partial charge in [-0.2, -0.15) is 11.8 Å². The number of aryl methyl sites for hydroxylation is 1. The van der Waals surface area contributed by atoms with E-state index in [0.717, 1.165) is 11.1 Å². The van der Waals surface area contributed by atoms with Crippen molar-refractivity contribution in [2.45, 2.75) is 25.5 Å². The molecule has 0 spiro atoms. The molecular weight excluding hydrogens is 274 g/mol. The molecule has 0 radical (unpaired) electrons. The number of benzene rings is 1. The minimum absolute atomic E-state index is 0.118. The second kappa shape index (κ2) is 7.94. The third-order valence-corrected chi connectivity index (χ3v) is 4.08. The van der Waals surface area contributed by atoms with Crippen LogP contribution in [0.1, 0.15) is 18.1 Å². The van der Waals surface area contributed by atoms with Crippen molar-refractivity contribution in [2.75, 3.05) is 12.8 Å². The van der Waals surface area contributed by atoms with Crippen molar-refractivity contribution in [3.05, 3.63) is 35.4 Å². The summed E-state index contributed by atoms with van der Waals surface area (Å²) in [6.45, 7) is 3.94. The second-order valence-corrected chi connectivity index (χ2v) is 6.03. The standard InChI is InChI=1S/C15H21NO3S/c1-10-5-4-6-12(7-10)8-13(15(18)19)9-16-14(17)11(2)20-3/h4-7,11,13H,8-9H2,1-3H3,(H,16,17)(H,18,19). The SMILES string of the molecule is CSC(C)C(=O)NCC(Cc1cccc(C)c1)C(=O)O. The lowest BCUT2D eigenvalue weighted by Crippen LogP contribution is -2.37. The molecule has 0 aromatic heterocycles. The number of amides is 1. The van der Waals surface area contributed by atoms with Crippen molar-refractivity contribution < 1.29 is 14.7 Å². The summed E-state index contributed by atoms with van der Waals surface area (Å²) in [6, 6.07) is 7.77. The maximum Gasteiger partial charge on any atom is 0.308 e. The molecule has 20 heavy (non-hydrogen) atoms. The fraction of sp³-hybridized carbons (Fsp3) is 0.467.